The van der Waals surface area contributed by atoms with Crippen LogP contribution in [0.3, 0.4) is 0 Å². The highest BCUT2D eigenvalue weighted by molar-refractivity contribution is 5.59. The smallest absolute Gasteiger partial charge is 0.153 e. The Balaban J connectivity index is 2.19. The van der Waals surface area contributed by atoms with E-state index in [9.17, 15) is 5.11 Å². The SMILES string of the molecule is OCc1cnc2ccc(-c3cccnc3)nn12. The van der Waals surface area contributed by atoms with Crippen LogP contribution in [-0.2, 0) is 6.61 Å². The van der Waals surface area contributed by atoms with Crippen molar-refractivity contribution in [2.45, 2.75) is 6.61 Å². The molecule has 0 fully saturated rings. The zero-order valence-corrected chi connectivity index (χ0v) is 8.98. The minimum absolute atomic E-state index is 0.0787. The van der Waals surface area contributed by atoms with E-state index in [4.69, 9.17) is 0 Å². The molecule has 5 nitrogen and oxygen atoms in total. The molecule has 17 heavy (non-hydrogen) atoms. The van der Waals surface area contributed by atoms with Crippen LogP contribution < -0.4 is 0 Å². The van der Waals surface area contributed by atoms with Crippen molar-refractivity contribution in [3.8, 4) is 11.3 Å². The van der Waals surface area contributed by atoms with Crippen LogP contribution in [-0.4, -0.2) is 24.7 Å². The van der Waals surface area contributed by atoms with Crippen molar-refractivity contribution in [2.24, 2.45) is 0 Å². The summed E-state index contributed by atoms with van der Waals surface area (Å²) >= 11 is 0. The molecule has 0 bridgehead atoms. The number of hydrogen-bond donors (Lipinski definition) is 1. The number of nitrogens with zero attached hydrogens (tertiary/aromatic N) is 4. The summed E-state index contributed by atoms with van der Waals surface area (Å²) < 4.78 is 1.64. The van der Waals surface area contributed by atoms with E-state index in [1.165, 1.54) is 0 Å². The topological polar surface area (TPSA) is 63.3 Å². The molecular weight excluding hydrogens is 216 g/mol. The third-order valence-electron chi connectivity index (χ3n) is 2.55. The van der Waals surface area contributed by atoms with Crippen LogP contribution in [0.1, 0.15) is 5.69 Å². The molecule has 84 valence electrons. The monoisotopic (exact) mass is 226 g/mol. The lowest BCUT2D eigenvalue weighted by Crippen LogP contribution is -1.99. The Bertz CT molecular complexity index is 648. The molecule has 0 unspecified atom stereocenters. The number of aliphatic hydroxyl groups is 1. The van der Waals surface area contributed by atoms with E-state index < -0.39 is 0 Å². The van der Waals surface area contributed by atoms with Crippen molar-refractivity contribution in [1.29, 1.82) is 0 Å². The van der Waals surface area contributed by atoms with Gasteiger partial charge in [-0.3, -0.25) is 4.98 Å². The number of rotatable bonds is 2. The molecule has 3 aromatic rings. The second-order valence-electron chi connectivity index (χ2n) is 3.64. The van der Waals surface area contributed by atoms with Gasteiger partial charge >= 0.3 is 0 Å². The molecule has 0 spiro atoms. The van der Waals surface area contributed by atoms with E-state index >= 15 is 0 Å². The standard InChI is InChI=1S/C12H10N4O/c17-8-10-7-14-12-4-3-11(15-16(10)12)9-2-1-5-13-6-9/h1-7,17H,8H2. The van der Waals surface area contributed by atoms with E-state index in [2.05, 4.69) is 15.1 Å². The maximum Gasteiger partial charge on any atom is 0.153 e. The maximum atomic E-state index is 9.17. The van der Waals surface area contributed by atoms with Crippen molar-refractivity contribution < 1.29 is 5.11 Å². The predicted octanol–water partition coefficient (Wildman–Crippen LogP) is 1.28. The minimum atomic E-state index is -0.0787. The van der Waals surface area contributed by atoms with Crippen molar-refractivity contribution in [2.75, 3.05) is 0 Å². The van der Waals surface area contributed by atoms with Gasteiger partial charge in [0.2, 0.25) is 0 Å². The lowest BCUT2D eigenvalue weighted by molar-refractivity contribution is 0.274. The van der Waals surface area contributed by atoms with Crippen LogP contribution in [0, 0.1) is 0 Å². The van der Waals surface area contributed by atoms with Crippen LogP contribution in [0.2, 0.25) is 0 Å². The summed E-state index contributed by atoms with van der Waals surface area (Å²) in [6.07, 6.45) is 5.09. The molecule has 0 aromatic carbocycles. The number of hydrogen-bond acceptors (Lipinski definition) is 4. The second-order valence-corrected chi connectivity index (χ2v) is 3.64. The molecule has 0 radical (unpaired) electrons. The van der Waals surface area contributed by atoms with E-state index in [0.717, 1.165) is 16.9 Å². The predicted molar refractivity (Wildman–Crippen MR) is 62.1 cm³/mol. The normalized spacial score (nSPS) is 10.9. The summed E-state index contributed by atoms with van der Waals surface area (Å²) in [4.78, 5) is 8.21. The molecule has 0 saturated carbocycles. The van der Waals surface area contributed by atoms with Gasteiger partial charge in [-0.2, -0.15) is 5.10 Å². The molecule has 0 aliphatic carbocycles. The zero-order chi connectivity index (χ0) is 11.7. The molecule has 0 aliphatic rings. The summed E-state index contributed by atoms with van der Waals surface area (Å²) in [5.74, 6) is 0. The van der Waals surface area contributed by atoms with Gasteiger partial charge in [-0.05, 0) is 24.3 Å². The summed E-state index contributed by atoms with van der Waals surface area (Å²) in [6.45, 7) is -0.0787. The van der Waals surface area contributed by atoms with Gasteiger partial charge in [0.25, 0.3) is 0 Å². The highest BCUT2D eigenvalue weighted by Gasteiger charge is 2.05. The summed E-state index contributed by atoms with van der Waals surface area (Å²) in [5.41, 5.74) is 3.14. The van der Waals surface area contributed by atoms with Gasteiger partial charge < -0.3 is 5.11 Å². The maximum absolute atomic E-state index is 9.17. The van der Waals surface area contributed by atoms with Crippen molar-refractivity contribution >= 4 is 5.65 Å². The number of aromatic nitrogens is 4. The fraction of sp³-hybridized carbons (Fsp3) is 0.0833. The van der Waals surface area contributed by atoms with Gasteiger partial charge in [0.05, 0.1) is 24.2 Å². The molecule has 3 aromatic heterocycles. The van der Waals surface area contributed by atoms with Crippen molar-refractivity contribution in [1.82, 2.24) is 19.6 Å². The van der Waals surface area contributed by atoms with Crippen molar-refractivity contribution in [3.63, 3.8) is 0 Å². The lowest BCUT2D eigenvalue weighted by Gasteiger charge is -2.02. The molecule has 0 amide bonds. The van der Waals surface area contributed by atoms with E-state index in [-0.39, 0.29) is 6.61 Å². The fourth-order valence-electron chi connectivity index (χ4n) is 1.70. The van der Waals surface area contributed by atoms with Crippen LogP contribution >= 0.6 is 0 Å². The number of fused-ring (bicyclic) bond motifs is 1. The average molecular weight is 226 g/mol. The first-order chi connectivity index (χ1) is 8.38. The Morgan fingerprint density at radius 3 is 2.88 bits per heavy atom. The molecule has 0 atom stereocenters. The summed E-state index contributed by atoms with van der Waals surface area (Å²) in [7, 11) is 0. The minimum Gasteiger partial charge on any atom is -0.390 e. The quantitative estimate of drug-likeness (QED) is 0.715. The highest BCUT2D eigenvalue weighted by Crippen LogP contribution is 2.16. The van der Waals surface area contributed by atoms with Crippen LogP contribution in [0.25, 0.3) is 16.9 Å². The average Bonchev–Trinajstić information content (AvgIpc) is 2.81. The molecular formula is C12H10N4O. The molecule has 1 N–H and O–H groups in total. The number of aliphatic hydroxyl groups excluding tert-OH is 1. The van der Waals surface area contributed by atoms with Crippen LogP contribution in [0.15, 0.2) is 42.9 Å². The van der Waals surface area contributed by atoms with E-state index in [1.54, 1.807) is 23.1 Å². The molecule has 5 heteroatoms. The van der Waals surface area contributed by atoms with Gasteiger partial charge in [0.1, 0.15) is 0 Å². The lowest BCUT2D eigenvalue weighted by atomic mass is 10.2. The van der Waals surface area contributed by atoms with Crippen LogP contribution in [0.5, 0.6) is 0 Å². The fourth-order valence-corrected chi connectivity index (χ4v) is 1.70. The third kappa shape index (κ3) is 1.66. The van der Waals surface area contributed by atoms with Gasteiger partial charge in [-0.25, -0.2) is 9.50 Å². The number of pyridine rings is 1. The van der Waals surface area contributed by atoms with Crippen molar-refractivity contribution in [3.05, 3.63) is 48.5 Å². The molecule has 3 rings (SSSR count). The Morgan fingerprint density at radius 2 is 2.12 bits per heavy atom. The zero-order valence-electron chi connectivity index (χ0n) is 8.98. The van der Waals surface area contributed by atoms with E-state index in [0.29, 0.717) is 5.69 Å². The Kier molecular flexibility index (Phi) is 2.31. The number of imidazole rings is 1. The highest BCUT2D eigenvalue weighted by atomic mass is 16.3. The first-order valence-electron chi connectivity index (χ1n) is 5.23. The first-order valence-corrected chi connectivity index (χ1v) is 5.23. The van der Waals surface area contributed by atoms with E-state index in [1.807, 2.05) is 24.3 Å². The molecule has 0 aliphatic heterocycles. The van der Waals surface area contributed by atoms with Crippen LogP contribution in [0.4, 0.5) is 0 Å². The molecule has 3 heterocycles. The van der Waals surface area contributed by atoms with Gasteiger partial charge in [-0.15, -0.1) is 0 Å². The Morgan fingerprint density at radius 1 is 1.18 bits per heavy atom. The molecule has 0 saturated heterocycles. The second kappa shape index (κ2) is 3.95. The van der Waals surface area contributed by atoms with Gasteiger partial charge in [-0.1, -0.05) is 0 Å². The van der Waals surface area contributed by atoms with Gasteiger partial charge in [0, 0.05) is 18.0 Å². The third-order valence-corrected chi connectivity index (χ3v) is 2.55. The Hall–Kier alpha value is -2.27. The van der Waals surface area contributed by atoms with Gasteiger partial charge in [0.15, 0.2) is 5.65 Å². The first kappa shape index (κ1) is 9.92. The summed E-state index contributed by atoms with van der Waals surface area (Å²) in [5, 5.41) is 13.6. The largest absolute Gasteiger partial charge is 0.390 e. The summed E-state index contributed by atoms with van der Waals surface area (Å²) in [6, 6.07) is 7.56. The Labute approximate surface area is 97.4 Å².